The zero-order valence-electron chi connectivity index (χ0n) is 8.50. The quantitative estimate of drug-likeness (QED) is 0.785. The van der Waals surface area contributed by atoms with E-state index in [1.54, 1.807) is 6.07 Å². The summed E-state index contributed by atoms with van der Waals surface area (Å²) >= 11 is 2.11. The van der Waals surface area contributed by atoms with Crippen LogP contribution in [0.4, 0.5) is 0 Å². The van der Waals surface area contributed by atoms with E-state index in [1.807, 2.05) is 12.1 Å². The van der Waals surface area contributed by atoms with Crippen molar-refractivity contribution in [3.63, 3.8) is 0 Å². The van der Waals surface area contributed by atoms with Gasteiger partial charge in [0, 0.05) is 0 Å². The van der Waals surface area contributed by atoms with Crippen molar-refractivity contribution in [2.24, 2.45) is 0 Å². The van der Waals surface area contributed by atoms with Crippen LogP contribution in [-0.2, 0) is 0 Å². The highest BCUT2D eigenvalue weighted by molar-refractivity contribution is 14.1. The molecular weight excluding hydrogens is 291 g/mol. The normalized spacial score (nSPS) is 10.4. The SMILES string of the molecule is COc1c(I)ccc(C(C)C)cc1=O. The van der Waals surface area contributed by atoms with Crippen molar-refractivity contribution in [1.29, 1.82) is 0 Å². The highest BCUT2D eigenvalue weighted by Gasteiger charge is 2.05. The number of halogens is 1. The molecule has 0 aliphatic heterocycles. The van der Waals surface area contributed by atoms with E-state index >= 15 is 0 Å². The third-order valence-electron chi connectivity index (χ3n) is 2.03. The molecule has 2 nitrogen and oxygen atoms in total. The summed E-state index contributed by atoms with van der Waals surface area (Å²) in [6, 6.07) is 5.53. The summed E-state index contributed by atoms with van der Waals surface area (Å²) in [5.74, 6) is 0.785. The van der Waals surface area contributed by atoms with E-state index in [9.17, 15) is 4.79 Å². The Kier molecular flexibility index (Phi) is 3.92. The largest absolute Gasteiger partial charge is 0.492 e. The molecule has 0 bridgehead atoms. The Labute approximate surface area is 97.4 Å². The van der Waals surface area contributed by atoms with Crippen molar-refractivity contribution in [3.8, 4) is 5.75 Å². The number of ether oxygens (including phenoxy) is 1. The molecule has 0 amide bonds. The van der Waals surface area contributed by atoms with Crippen LogP contribution in [0.25, 0.3) is 0 Å². The molecular formula is C11H13IO2. The minimum absolute atomic E-state index is 0.0504. The molecule has 1 aromatic rings. The third kappa shape index (κ3) is 2.47. The Morgan fingerprint density at radius 2 is 2.00 bits per heavy atom. The minimum Gasteiger partial charge on any atom is -0.492 e. The first-order valence-corrected chi connectivity index (χ1v) is 5.52. The van der Waals surface area contributed by atoms with Gasteiger partial charge in [-0.3, -0.25) is 4.79 Å². The zero-order valence-corrected chi connectivity index (χ0v) is 10.7. The fourth-order valence-corrected chi connectivity index (χ4v) is 1.85. The Morgan fingerprint density at radius 3 is 2.50 bits per heavy atom. The van der Waals surface area contributed by atoms with Gasteiger partial charge in [-0.05, 0) is 46.2 Å². The van der Waals surface area contributed by atoms with Crippen molar-refractivity contribution in [3.05, 3.63) is 37.6 Å². The average Bonchev–Trinajstić information content (AvgIpc) is 2.25. The maximum absolute atomic E-state index is 11.7. The summed E-state index contributed by atoms with van der Waals surface area (Å²) in [6.07, 6.45) is 0. The molecule has 0 aliphatic carbocycles. The molecule has 0 aromatic heterocycles. The summed E-state index contributed by atoms with van der Waals surface area (Å²) in [5, 5.41) is 0. The molecule has 76 valence electrons. The van der Waals surface area contributed by atoms with Crippen LogP contribution in [0, 0.1) is 3.57 Å². The molecule has 14 heavy (non-hydrogen) atoms. The van der Waals surface area contributed by atoms with Crippen molar-refractivity contribution in [1.82, 2.24) is 0 Å². The van der Waals surface area contributed by atoms with Crippen LogP contribution in [-0.4, -0.2) is 7.11 Å². The van der Waals surface area contributed by atoms with Gasteiger partial charge < -0.3 is 4.74 Å². The Balaban J connectivity index is 3.43. The van der Waals surface area contributed by atoms with Crippen LogP contribution in [0.3, 0.4) is 0 Å². The third-order valence-corrected chi connectivity index (χ3v) is 2.88. The minimum atomic E-state index is -0.0504. The van der Waals surface area contributed by atoms with Crippen LogP contribution in [0.2, 0.25) is 0 Å². The van der Waals surface area contributed by atoms with Gasteiger partial charge in [-0.25, -0.2) is 0 Å². The summed E-state index contributed by atoms with van der Waals surface area (Å²) in [4.78, 5) is 11.7. The van der Waals surface area contributed by atoms with E-state index in [-0.39, 0.29) is 5.43 Å². The molecule has 0 spiro atoms. The summed E-state index contributed by atoms with van der Waals surface area (Å²) < 4.78 is 5.90. The second-order valence-electron chi connectivity index (χ2n) is 3.38. The average molecular weight is 304 g/mol. The number of hydrogen-bond acceptors (Lipinski definition) is 2. The molecule has 0 atom stereocenters. The van der Waals surface area contributed by atoms with E-state index in [4.69, 9.17) is 4.74 Å². The zero-order chi connectivity index (χ0) is 10.7. The monoisotopic (exact) mass is 304 g/mol. The fourth-order valence-electron chi connectivity index (χ4n) is 1.19. The van der Waals surface area contributed by atoms with Crippen molar-refractivity contribution >= 4 is 22.6 Å². The van der Waals surface area contributed by atoms with E-state index in [0.717, 1.165) is 9.13 Å². The van der Waals surface area contributed by atoms with Gasteiger partial charge in [0.1, 0.15) is 0 Å². The lowest BCUT2D eigenvalue weighted by Crippen LogP contribution is -2.03. The predicted octanol–water partition coefficient (Wildman–Crippen LogP) is 2.78. The molecule has 0 unspecified atom stereocenters. The lowest BCUT2D eigenvalue weighted by molar-refractivity contribution is 0.408. The first-order valence-electron chi connectivity index (χ1n) is 4.44. The summed E-state index contributed by atoms with van der Waals surface area (Å²) in [6.45, 7) is 4.13. The highest BCUT2D eigenvalue weighted by Crippen LogP contribution is 2.18. The molecule has 0 fully saturated rings. The van der Waals surface area contributed by atoms with Gasteiger partial charge in [0.25, 0.3) is 0 Å². The predicted molar refractivity (Wildman–Crippen MR) is 66.1 cm³/mol. The van der Waals surface area contributed by atoms with Gasteiger partial charge in [0.15, 0.2) is 5.75 Å². The Morgan fingerprint density at radius 1 is 1.36 bits per heavy atom. The highest BCUT2D eigenvalue weighted by atomic mass is 127. The topological polar surface area (TPSA) is 26.3 Å². The van der Waals surface area contributed by atoms with Gasteiger partial charge in [-0.1, -0.05) is 19.9 Å². The van der Waals surface area contributed by atoms with E-state index < -0.39 is 0 Å². The van der Waals surface area contributed by atoms with Crippen molar-refractivity contribution in [2.75, 3.05) is 7.11 Å². The van der Waals surface area contributed by atoms with Crippen molar-refractivity contribution in [2.45, 2.75) is 19.8 Å². The molecule has 0 heterocycles. The summed E-state index contributed by atoms with van der Waals surface area (Å²) in [5.41, 5.74) is 0.988. The molecule has 0 saturated carbocycles. The first-order chi connectivity index (χ1) is 6.56. The summed E-state index contributed by atoms with van der Waals surface area (Å²) in [7, 11) is 1.52. The fraction of sp³-hybridized carbons (Fsp3) is 0.364. The molecule has 3 heteroatoms. The van der Waals surface area contributed by atoms with Crippen LogP contribution in [0.15, 0.2) is 23.0 Å². The van der Waals surface area contributed by atoms with Crippen LogP contribution < -0.4 is 10.2 Å². The van der Waals surface area contributed by atoms with Gasteiger partial charge in [0.2, 0.25) is 5.43 Å². The smallest absolute Gasteiger partial charge is 0.221 e. The maximum atomic E-state index is 11.7. The lowest BCUT2D eigenvalue weighted by Gasteiger charge is -1.99. The molecule has 0 radical (unpaired) electrons. The molecule has 0 aliphatic rings. The number of methoxy groups -OCH3 is 1. The van der Waals surface area contributed by atoms with Crippen molar-refractivity contribution < 1.29 is 4.74 Å². The van der Waals surface area contributed by atoms with Gasteiger partial charge in [-0.15, -0.1) is 0 Å². The Hall–Kier alpha value is -0.580. The number of rotatable bonds is 2. The second kappa shape index (κ2) is 4.77. The van der Waals surface area contributed by atoms with Crippen LogP contribution in [0.1, 0.15) is 25.3 Å². The standard InChI is InChI=1S/C11H13IO2/c1-7(2)8-4-5-9(12)11(14-3)10(13)6-8/h4-7H,1-3H3. The van der Waals surface area contributed by atoms with E-state index in [2.05, 4.69) is 36.4 Å². The first kappa shape index (κ1) is 11.5. The molecule has 1 aromatic carbocycles. The van der Waals surface area contributed by atoms with Gasteiger partial charge in [0.05, 0.1) is 10.7 Å². The maximum Gasteiger partial charge on any atom is 0.221 e. The number of hydrogen-bond donors (Lipinski definition) is 0. The molecule has 0 N–H and O–H groups in total. The van der Waals surface area contributed by atoms with Crippen LogP contribution in [0.5, 0.6) is 5.75 Å². The van der Waals surface area contributed by atoms with E-state index in [1.165, 1.54) is 7.11 Å². The lowest BCUT2D eigenvalue weighted by atomic mass is 10.1. The van der Waals surface area contributed by atoms with Crippen LogP contribution >= 0.6 is 22.6 Å². The second-order valence-corrected chi connectivity index (χ2v) is 4.54. The van der Waals surface area contributed by atoms with Gasteiger partial charge >= 0.3 is 0 Å². The Bertz CT molecular complexity index is 386. The van der Waals surface area contributed by atoms with Gasteiger partial charge in [-0.2, -0.15) is 0 Å². The molecule has 0 saturated heterocycles. The molecule has 1 rings (SSSR count). The van der Waals surface area contributed by atoms with E-state index in [0.29, 0.717) is 11.7 Å².